The van der Waals surface area contributed by atoms with Crippen molar-refractivity contribution in [3.8, 4) is 5.69 Å². The Balaban J connectivity index is 2.44. The van der Waals surface area contributed by atoms with E-state index in [9.17, 15) is 4.79 Å². The molecule has 0 amide bonds. The molecule has 3 nitrogen and oxygen atoms in total. The van der Waals surface area contributed by atoms with E-state index in [4.69, 9.17) is 11.6 Å². The Labute approximate surface area is 108 Å². The van der Waals surface area contributed by atoms with Gasteiger partial charge in [0.1, 0.15) is 0 Å². The molecule has 0 saturated heterocycles. The van der Waals surface area contributed by atoms with E-state index in [1.807, 2.05) is 30.3 Å². The van der Waals surface area contributed by atoms with E-state index in [2.05, 4.69) is 4.98 Å². The van der Waals surface area contributed by atoms with Crippen LogP contribution in [0.3, 0.4) is 0 Å². The van der Waals surface area contributed by atoms with Crippen molar-refractivity contribution in [3.63, 3.8) is 0 Å². The van der Waals surface area contributed by atoms with Crippen molar-refractivity contribution in [2.75, 3.05) is 0 Å². The third-order valence-electron chi connectivity index (χ3n) is 2.73. The van der Waals surface area contributed by atoms with Gasteiger partial charge in [0.25, 0.3) is 5.56 Å². The first-order valence-corrected chi connectivity index (χ1v) is 5.86. The summed E-state index contributed by atoms with van der Waals surface area (Å²) in [7, 11) is 0. The molecule has 0 aliphatic carbocycles. The molecule has 0 bridgehead atoms. The van der Waals surface area contributed by atoms with Gasteiger partial charge in [0.05, 0.1) is 17.2 Å². The number of fused-ring (bicyclic) bond motifs is 1. The fraction of sp³-hybridized carbons (Fsp3) is 0. The van der Waals surface area contributed by atoms with Gasteiger partial charge in [0.15, 0.2) is 0 Å². The van der Waals surface area contributed by atoms with Gasteiger partial charge >= 0.3 is 0 Å². The van der Waals surface area contributed by atoms with Crippen LogP contribution in [0.1, 0.15) is 0 Å². The normalized spacial score (nSPS) is 10.7. The summed E-state index contributed by atoms with van der Waals surface area (Å²) in [5, 5.41) is 0.583. The van der Waals surface area contributed by atoms with Gasteiger partial charge in [-0.2, -0.15) is 0 Å². The van der Waals surface area contributed by atoms with Crippen LogP contribution in [0.25, 0.3) is 16.7 Å². The standard InChI is InChI=1S/C14H9ClN2O/c15-10-6-7-12-13(8-10)17(14(18)9-16-12)11-4-2-1-3-5-11/h1-9H. The first-order chi connectivity index (χ1) is 8.75. The first-order valence-electron chi connectivity index (χ1n) is 5.48. The maximum Gasteiger partial charge on any atom is 0.274 e. The minimum absolute atomic E-state index is 0.170. The van der Waals surface area contributed by atoms with Crippen LogP contribution >= 0.6 is 11.6 Å². The highest BCUT2D eigenvalue weighted by Crippen LogP contribution is 2.18. The summed E-state index contributed by atoms with van der Waals surface area (Å²) >= 11 is 5.99. The van der Waals surface area contributed by atoms with Crippen LogP contribution in [0.4, 0.5) is 0 Å². The number of para-hydroxylation sites is 1. The number of aromatic nitrogens is 2. The largest absolute Gasteiger partial charge is 0.274 e. The second kappa shape index (κ2) is 4.27. The smallest absolute Gasteiger partial charge is 0.274 e. The van der Waals surface area contributed by atoms with Gasteiger partial charge in [-0.25, -0.2) is 4.98 Å². The lowest BCUT2D eigenvalue weighted by molar-refractivity contribution is 1.02. The summed E-state index contributed by atoms with van der Waals surface area (Å²) in [6.07, 6.45) is 1.32. The lowest BCUT2D eigenvalue weighted by Crippen LogP contribution is -2.18. The minimum Gasteiger partial charge on any atom is -0.274 e. The average molecular weight is 257 g/mol. The van der Waals surface area contributed by atoms with Crippen molar-refractivity contribution in [2.45, 2.75) is 0 Å². The van der Waals surface area contributed by atoms with Crippen molar-refractivity contribution in [2.24, 2.45) is 0 Å². The molecule has 0 saturated carbocycles. The number of hydrogen-bond donors (Lipinski definition) is 0. The molecule has 0 aliphatic rings. The molecule has 4 heteroatoms. The third kappa shape index (κ3) is 1.79. The Bertz CT molecular complexity index is 766. The van der Waals surface area contributed by atoms with Gasteiger partial charge in [-0.05, 0) is 30.3 Å². The summed E-state index contributed by atoms with van der Waals surface area (Å²) in [6, 6.07) is 14.7. The highest BCUT2D eigenvalue weighted by atomic mass is 35.5. The molecule has 3 aromatic rings. The molecule has 1 heterocycles. The molecular weight excluding hydrogens is 248 g/mol. The SMILES string of the molecule is O=c1cnc2ccc(Cl)cc2n1-c1ccccc1. The summed E-state index contributed by atoms with van der Waals surface area (Å²) in [5.74, 6) is 0. The zero-order valence-electron chi connectivity index (χ0n) is 9.38. The Hall–Kier alpha value is -2.13. The van der Waals surface area contributed by atoms with Gasteiger partial charge in [0.2, 0.25) is 0 Å². The van der Waals surface area contributed by atoms with E-state index < -0.39 is 0 Å². The minimum atomic E-state index is -0.170. The third-order valence-corrected chi connectivity index (χ3v) is 2.96. The predicted molar refractivity (Wildman–Crippen MR) is 72.4 cm³/mol. The average Bonchev–Trinajstić information content (AvgIpc) is 2.39. The summed E-state index contributed by atoms with van der Waals surface area (Å²) in [6.45, 7) is 0. The summed E-state index contributed by atoms with van der Waals surface area (Å²) in [5.41, 5.74) is 2.08. The van der Waals surface area contributed by atoms with E-state index in [0.29, 0.717) is 10.5 Å². The van der Waals surface area contributed by atoms with Crippen molar-refractivity contribution in [1.29, 1.82) is 0 Å². The molecule has 0 fully saturated rings. The molecule has 88 valence electrons. The van der Waals surface area contributed by atoms with Crippen LogP contribution in [-0.4, -0.2) is 9.55 Å². The van der Waals surface area contributed by atoms with Crippen LogP contribution < -0.4 is 5.56 Å². The van der Waals surface area contributed by atoms with E-state index in [0.717, 1.165) is 11.2 Å². The molecule has 0 N–H and O–H groups in total. The molecule has 0 atom stereocenters. The van der Waals surface area contributed by atoms with Crippen molar-refractivity contribution in [1.82, 2.24) is 9.55 Å². The monoisotopic (exact) mass is 256 g/mol. The van der Waals surface area contributed by atoms with Crippen LogP contribution in [0.2, 0.25) is 5.02 Å². The van der Waals surface area contributed by atoms with E-state index in [1.165, 1.54) is 6.20 Å². The molecule has 0 unspecified atom stereocenters. The van der Waals surface area contributed by atoms with E-state index in [1.54, 1.807) is 22.8 Å². The second-order valence-corrected chi connectivity index (χ2v) is 4.34. The number of hydrogen-bond acceptors (Lipinski definition) is 2. The molecule has 0 radical (unpaired) electrons. The Morgan fingerprint density at radius 2 is 1.83 bits per heavy atom. The molecule has 3 rings (SSSR count). The Morgan fingerprint density at radius 1 is 1.06 bits per heavy atom. The van der Waals surface area contributed by atoms with Gasteiger partial charge in [-0.15, -0.1) is 0 Å². The van der Waals surface area contributed by atoms with Crippen LogP contribution in [0.15, 0.2) is 59.5 Å². The number of halogens is 1. The van der Waals surface area contributed by atoms with E-state index in [-0.39, 0.29) is 5.56 Å². The number of benzene rings is 2. The van der Waals surface area contributed by atoms with Gasteiger partial charge < -0.3 is 0 Å². The number of nitrogens with zero attached hydrogens (tertiary/aromatic N) is 2. The number of rotatable bonds is 1. The Morgan fingerprint density at radius 3 is 2.61 bits per heavy atom. The van der Waals surface area contributed by atoms with Gasteiger partial charge in [-0.1, -0.05) is 29.8 Å². The molecule has 2 aromatic carbocycles. The quantitative estimate of drug-likeness (QED) is 0.671. The van der Waals surface area contributed by atoms with Crippen LogP contribution in [0.5, 0.6) is 0 Å². The molecule has 0 spiro atoms. The van der Waals surface area contributed by atoms with Crippen molar-refractivity contribution < 1.29 is 0 Å². The Kier molecular flexibility index (Phi) is 2.61. The van der Waals surface area contributed by atoms with E-state index >= 15 is 0 Å². The predicted octanol–water partition coefficient (Wildman–Crippen LogP) is 3.04. The topological polar surface area (TPSA) is 34.9 Å². The van der Waals surface area contributed by atoms with Gasteiger partial charge in [-0.3, -0.25) is 9.36 Å². The maximum absolute atomic E-state index is 12.0. The lowest BCUT2D eigenvalue weighted by atomic mass is 10.2. The van der Waals surface area contributed by atoms with Crippen molar-refractivity contribution in [3.05, 3.63) is 70.1 Å². The van der Waals surface area contributed by atoms with Gasteiger partial charge in [0, 0.05) is 10.7 Å². The second-order valence-electron chi connectivity index (χ2n) is 3.90. The first kappa shape index (κ1) is 11.0. The zero-order valence-corrected chi connectivity index (χ0v) is 10.1. The fourth-order valence-corrected chi connectivity index (χ4v) is 2.10. The van der Waals surface area contributed by atoms with Crippen LogP contribution in [0, 0.1) is 0 Å². The maximum atomic E-state index is 12.0. The van der Waals surface area contributed by atoms with Crippen molar-refractivity contribution >= 4 is 22.6 Å². The molecular formula is C14H9ClN2O. The summed E-state index contributed by atoms with van der Waals surface area (Å²) < 4.78 is 1.61. The highest BCUT2D eigenvalue weighted by Gasteiger charge is 2.06. The zero-order chi connectivity index (χ0) is 12.5. The van der Waals surface area contributed by atoms with Crippen LogP contribution in [-0.2, 0) is 0 Å². The highest BCUT2D eigenvalue weighted by molar-refractivity contribution is 6.31. The summed E-state index contributed by atoms with van der Waals surface area (Å²) in [4.78, 5) is 16.1. The molecule has 18 heavy (non-hydrogen) atoms. The fourth-order valence-electron chi connectivity index (χ4n) is 1.93. The molecule has 1 aromatic heterocycles. The molecule has 0 aliphatic heterocycles. The lowest BCUT2D eigenvalue weighted by Gasteiger charge is -2.09.